The molecular weight excluding hydrogens is 226 g/mol. The Labute approximate surface area is 109 Å². The van der Waals surface area contributed by atoms with Crippen LogP contribution >= 0.6 is 0 Å². The summed E-state index contributed by atoms with van der Waals surface area (Å²) in [5, 5.41) is 13.6. The maximum Gasteiger partial charge on any atom is 0.122 e. The lowest BCUT2D eigenvalue weighted by Gasteiger charge is -2.31. The molecule has 0 aromatic heterocycles. The normalized spacial score (nSPS) is 16.9. The van der Waals surface area contributed by atoms with Gasteiger partial charge in [-0.3, -0.25) is 0 Å². The fourth-order valence-electron chi connectivity index (χ4n) is 2.55. The van der Waals surface area contributed by atoms with Gasteiger partial charge in [0.05, 0.1) is 12.7 Å². The van der Waals surface area contributed by atoms with Crippen LogP contribution in [0, 0.1) is 5.41 Å². The van der Waals surface area contributed by atoms with Gasteiger partial charge in [0.1, 0.15) is 5.75 Å². The number of ether oxygens (including phenoxy) is 1. The van der Waals surface area contributed by atoms with Gasteiger partial charge in [-0.1, -0.05) is 19.9 Å². The van der Waals surface area contributed by atoms with Crippen LogP contribution in [0.1, 0.15) is 37.5 Å². The zero-order chi connectivity index (χ0) is 13.2. The predicted molar refractivity (Wildman–Crippen MR) is 72.9 cm³/mol. The molecule has 3 heteroatoms. The van der Waals surface area contributed by atoms with Crippen LogP contribution in [-0.2, 0) is 6.42 Å². The second kappa shape index (κ2) is 5.29. The molecule has 0 saturated carbocycles. The Morgan fingerprint density at radius 3 is 2.94 bits per heavy atom. The van der Waals surface area contributed by atoms with Gasteiger partial charge in [0.15, 0.2) is 0 Å². The molecule has 2 rings (SSSR count). The van der Waals surface area contributed by atoms with E-state index in [0.717, 1.165) is 37.3 Å². The summed E-state index contributed by atoms with van der Waals surface area (Å²) in [5.74, 6) is 0.976. The van der Waals surface area contributed by atoms with Crippen molar-refractivity contribution in [2.75, 3.05) is 20.2 Å². The highest BCUT2D eigenvalue weighted by Crippen LogP contribution is 2.35. The van der Waals surface area contributed by atoms with E-state index in [4.69, 9.17) is 4.74 Å². The van der Waals surface area contributed by atoms with E-state index in [9.17, 15) is 5.11 Å². The van der Waals surface area contributed by atoms with Gasteiger partial charge in [-0.2, -0.15) is 0 Å². The summed E-state index contributed by atoms with van der Waals surface area (Å²) >= 11 is 0. The van der Waals surface area contributed by atoms with Crippen molar-refractivity contribution in [3.05, 3.63) is 29.3 Å². The van der Waals surface area contributed by atoms with Crippen molar-refractivity contribution in [2.45, 2.75) is 32.8 Å². The Kier molecular flexibility index (Phi) is 3.93. The van der Waals surface area contributed by atoms with Gasteiger partial charge in [0, 0.05) is 12.0 Å². The van der Waals surface area contributed by atoms with E-state index in [1.165, 1.54) is 5.56 Å². The van der Waals surface area contributed by atoms with Gasteiger partial charge < -0.3 is 15.2 Å². The molecule has 18 heavy (non-hydrogen) atoms. The lowest BCUT2D eigenvalue weighted by atomic mass is 9.82. The lowest BCUT2D eigenvalue weighted by molar-refractivity contribution is 0.0504. The molecule has 0 saturated heterocycles. The van der Waals surface area contributed by atoms with Crippen LogP contribution in [0.3, 0.4) is 0 Å². The van der Waals surface area contributed by atoms with E-state index in [2.05, 4.69) is 25.2 Å². The fourth-order valence-corrected chi connectivity index (χ4v) is 2.55. The molecule has 0 spiro atoms. The Hall–Kier alpha value is -1.06. The molecule has 3 nitrogen and oxygen atoms in total. The molecule has 1 aromatic rings. The number of hydrogen-bond acceptors (Lipinski definition) is 3. The van der Waals surface area contributed by atoms with E-state index in [1.54, 1.807) is 0 Å². The van der Waals surface area contributed by atoms with Crippen LogP contribution < -0.4 is 10.1 Å². The average molecular weight is 249 g/mol. The molecule has 0 fully saturated rings. The second-order valence-electron chi connectivity index (χ2n) is 5.74. The Morgan fingerprint density at radius 1 is 1.44 bits per heavy atom. The molecule has 1 heterocycles. The zero-order valence-electron chi connectivity index (χ0n) is 11.5. The minimum atomic E-state index is -0.461. The van der Waals surface area contributed by atoms with Gasteiger partial charge in [-0.25, -0.2) is 0 Å². The molecule has 2 N–H and O–H groups in total. The summed E-state index contributed by atoms with van der Waals surface area (Å²) in [6, 6.07) is 6.06. The van der Waals surface area contributed by atoms with E-state index in [1.807, 2.05) is 19.2 Å². The van der Waals surface area contributed by atoms with Crippen LogP contribution in [-0.4, -0.2) is 25.3 Å². The fraction of sp³-hybridized carbons (Fsp3) is 0.600. The molecule has 1 unspecified atom stereocenters. The summed E-state index contributed by atoms with van der Waals surface area (Å²) in [7, 11) is 1.91. The molecule has 1 aliphatic heterocycles. The summed E-state index contributed by atoms with van der Waals surface area (Å²) in [4.78, 5) is 0. The summed E-state index contributed by atoms with van der Waals surface area (Å²) in [5.41, 5.74) is 2.02. The second-order valence-corrected chi connectivity index (χ2v) is 5.74. The summed E-state index contributed by atoms with van der Waals surface area (Å²) in [6.45, 7) is 5.73. The number of rotatable bonds is 4. The smallest absolute Gasteiger partial charge is 0.122 e. The summed E-state index contributed by atoms with van der Waals surface area (Å²) < 4.78 is 5.60. The van der Waals surface area contributed by atoms with Crippen molar-refractivity contribution in [1.82, 2.24) is 5.32 Å². The first kappa shape index (κ1) is 13.4. The lowest BCUT2D eigenvalue weighted by Crippen LogP contribution is -2.32. The van der Waals surface area contributed by atoms with E-state index >= 15 is 0 Å². The molecule has 0 amide bonds. The van der Waals surface area contributed by atoms with Gasteiger partial charge in [0.2, 0.25) is 0 Å². The first-order valence-electron chi connectivity index (χ1n) is 6.63. The number of nitrogens with one attached hydrogen (secondary N) is 1. The highest BCUT2D eigenvalue weighted by Gasteiger charge is 2.29. The zero-order valence-corrected chi connectivity index (χ0v) is 11.5. The standard InChI is InChI=1S/C15H23NO2/c1-15(2,10-16-3)14(17)12-6-7-13-11(9-12)5-4-8-18-13/h6-7,9,14,16-17H,4-5,8,10H2,1-3H3. The predicted octanol–water partition coefficient (Wildman–Crippen LogP) is 2.29. The molecule has 0 aliphatic carbocycles. The number of aliphatic hydroxyl groups is 1. The van der Waals surface area contributed by atoms with Crippen molar-refractivity contribution in [3.63, 3.8) is 0 Å². The van der Waals surface area contributed by atoms with Gasteiger partial charge in [-0.05, 0) is 43.1 Å². The number of hydrogen-bond donors (Lipinski definition) is 2. The maximum absolute atomic E-state index is 10.5. The Bertz CT molecular complexity index is 415. The third-order valence-electron chi connectivity index (χ3n) is 3.62. The van der Waals surface area contributed by atoms with E-state index in [0.29, 0.717) is 0 Å². The van der Waals surface area contributed by atoms with Crippen molar-refractivity contribution in [1.29, 1.82) is 0 Å². The van der Waals surface area contributed by atoms with Crippen molar-refractivity contribution >= 4 is 0 Å². The minimum absolute atomic E-state index is 0.182. The topological polar surface area (TPSA) is 41.5 Å². The SMILES string of the molecule is CNCC(C)(C)C(O)c1ccc2c(c1)CCCO2. The highest BCUT2D eigenvalue weighted by molar-refractivity contribution is 5.39. The number of aryl methyl sites for hydroxylation is 1. The molecular formula is C15H23NO2. The monoisotopic (exact) mass is 249 g/mol. The first-order chi connectivity index (χ1) is 8.54. The minimum Gasteiger partial charge on any atom is -0.493 e. The largest absolute Gasteiger partial charge is 0.493 e. The van der Waals surface area contributed by atoms with Crippen LogP contribution in [0.25, 0.3) is 0 Å². The quantitative estimate of drug-likeness (QED) is 0.860. The third kappa shape index (κ3) is 2.68. The molecule has 1 aromatic carbocycles. The number of benzene rings is 1. The Morgan fingerprint density at radius 2 is 2.22 bits per heavy atom. The maximum atomic E-state index is 10.5. The molecule has 1 aliphatic rings. The van der Waals surface area contributed by atoms with Crippen molar-refractivity contribution in [2.24, 2.45) is 5.41 Å². The van der Waals surface area contributed by atoms with Gasteiger partial charge in [-0.15, -0.1) is 0 Å². The molecule has 0 bridgehead atoms. The third-order valence-corrected chi connectivity index (χ3v) is 3.62. The van der Waals surface area contributed by atoms with Gasteiger partial charge in [0.25, 0.3) is 0 Å². The van der Waals surface area contributed by atoms with Crippen LogP contribution in [0.4, 0.5) is 0 Å². The molecule has 100 valence electrons. The number of aliphatic hydroxyl groups excluding tert-OH is 1. The van der Waals surface area contributed by atoms with Crippen molar-refractivity contribution < 1.29 is 9.84 Å². The summed E-state index contributed by atoms with van der Waals surface area (Å²) in [6.07, 6.45) is 1.65. The van der Waals surface area contributed by atoms with E-state index < -0.39 is 6.10 Å². The molecule has 1 atom stereocenters. The van der Waals surface area contributed by atoms with Crippen LogP contribution in [0.15, 0.2) is 18.2 Å². The first-order valence-corrected chi connectivity index (χ1v) is 6.63. The van der Waals surface area contributed by atoms with E-state index in [-0.39, 0.29) is 5.41 Å². The highest BCUT2D eigenvalue weighted by atomic mass is 16.5. The van der Waals surface area contributed by atoms with Crippen molar-refractivity contribution in [3.8, 4) is 5.75 Å². The average Bonchev–Trinajstić information content (AvgIpc) is 2.37. The molecule has 0 radical (unpaired) electrons. The van der Waals surface area contributed by atoms with Crippen LogP contribution in [0.2, 0.25) is 0 Å². The Balaban J connectivity index is 2.23. The number of fused-ring (bicyclic) bond motifs is 1. The van der Waals surface area contributed by atoms with Crippen LogP contribution in [0.5, 0.6) is 5.75 Å². The van der Waals surface area contributed by atoms with Gasteiger partial charge >= 0.3 is 0 Å².